The monoisotopic (exact) mass is 350 g/mol. The second kappa shape index (κ2) is 6.43. The van der Waals surface area contributed by atoms with E-state index in [1.54, 1.807) is 5.38 Å². The zero-order valence-corrected chi connectivity index (χ0v) is 14.4. The molecule has 25 heavy (non-hydrogen) atoms. The maximum Gasteiger partial charge on any atom is 0.270 e. The summed E-state index contributed by atoms with van der Waals surface area (Å²) in [6, 6.07) is 17.8. The fourth-order valence-electron chi connectivity index (χ4n) is 3.23. The molecule has 0 bridgehead atoms. The molecule has 126 valence electrons. The number of fused-ring (bicyclic) bond motifs is 1. The fraction of sp³-hybridized carbons (Fsp3) is 0.200. The van der Waals surface area contributed by atoms with E-state index >= 15 is 0 Å². The number of thiazole rings is 1. The lowest BCUT2D eigenvalue weighted by molar-refractivity contribution is 0.0479. The van der Waals surface area contributed by atoms with Crippen LogP contribution in [0.5, 0.6) is 0 Å². The molecule has 4 nitrogen and oxygen atoms in total. The summed E-state index contributed by atoms with van der Waals surface area (Å²) >= 11 is 1.44. The Morgan fingerprint density at radius 1 is 1.08 bits per heavy atom. The van der Waals surface area contributed by atoms with Gasteiger partial charge in [0, 0.05) is 30.3 Å². The molecule has 0 aliphatic heterocycles. The van der Waals surface area contributed by atoms with Crippen LogP contribution in [0.15, 0.2) is 60.0 Å². The highest BCUT2D eigenvalue weighted by Crippen LogP contribution is 2.29. The van der Waals surface area contributed by atoms with Gasteiger partial charge in [0.15, 0.2) is 0 Å². The zero-order valence-electron chi connectivity index (χ0n) is 13.6. The summed E-state index contributed by atoms with van der Waals surface area (Å²) < 4.78 is 0. The number of nitrogens with one attached hydrogen (secondary N) is 1. The molecule has 1 amide bonds. The summed E-state index contributed by atoms with van der Waals surface area (Å²) in [6.07, 6.45) is 1.13. The lowest BCUT2D eigenvalue weighted by Gasteiger charge is -2.22. The van der Waals surface area contributed by atoms with E-state index in [-0.39, 0.29) is 12.5 Å². The van der Waals surface area contributed by atoms with Crippen LogP contribution in [0.2, 0.25) is 0 Å². The van der Waals surface area contributed by atoms with Crippen LogP contribution in [0, 0.1) is 0 Å². The molecule has 0 saturated heterocycles. The minimum Gasteiger partial charge on any atom is -0.387 e. The molecule has 2 N–H and O–H groups in total. The summed E-state index contributed by atoms with van der Waals surface area (Å²) in [4.78, 5) is 16.8. The van der Waals surface area contributed by atoms with Crippen molar-refractivity contribution in [3.63, 3.8) is 0 Å². The van der Waals surface area contributed by atoms with Gasteiger partial charge in [-0.3, -0.25) is 4.79 Å². The number of amides is 1. The van der Waals surface area contributed by atoms with E-state index in [9.17, 15) is 9.90 Å². The number of aromatic nitrogens is 1. The Morgan fingerprint density at radius 2 is 1.72 bits per heavy atom. The number of hydrogen-bond acceptors (Lipinski definition) is 4. The predicted molar refractivity (Wildman–Crippen MR) is 98.7 cm³/mol. The Kier molecular flexibility index (Phi) is 4.11. The van der Waals surface area contributed by atoms with Crippen molar-refractivity contribution in [1.82, 2.24) is 10.3 Å². The summed E-state index contributed by atoms with van der Waals surface area (Å²) in [6.45, 7) is 0.221. The van der Waals surface area contributed by atoms with Crippen molar-refractivity contribution in [3.05, 3.63) is 76.8 Å². The molecule has 1 aliphatic carbocycles. The second-order valence-electron chi connectivity index (χ2n) is 6.43. The van der Waals surface area contributed by atoms with E-state index in [1.807, 2.05) is 54.6 Å². The molecule has 2 aromatic carbocycles. The number of rotatable bonds is 4. The highest BCUT2D eigenvalue weighted by Gasteiger charge is 2.35. The zero-order chi connectivity index (χ0) is 17.3. The number of hydrogen-bond donors (Lipinski definition) is 2. The molecule has 4 rings (SSSR count). The van der Waals surface area contributed by atoms with E-state index in [2.05, 4.69) is 10.3 Å². The Bertz CT molecular complexity index is 880. The van der Waals surface area contributed by atoms with Crippen molar-refractivity contribution in [2.45, 2.75) is 18.4 Å². The van der Waals surface area contributed by atoms with E-state index in [1.165, 1.54) is 11.3 Å². The lowest BCUT2D eigenvalue weighted by Crippen LogP contribution is -2.43. The van der Waals surface area contributed by atoms with Crippen LogP contribution < -0.4 is 5.32 Å². The summed E-state index contributed by atoms with van der Waals surface area (Å²) in [5, 5.41) is 16.2. The van der Waals surface area contributed by atoms with Crippen molar-refractivity contribution in [2.75, 3.05) is 6.54 Å². The van der Waals surface area contributed by atoms with Crippen LogP contribution in [-0.2, 0) is 12.8 Å². The SMILES string of the molecule is O=C(NCC1(O)Cc2ccccc2C1)c1csc(-c2ccccc2)n1. The topological polar surface area (TPSA) is 62.2 Å². The highest BCUT2D eigenvalue weighted by molar-refractivity contribution is 7.13. The maximum atomic E-state index is 12.4. The van der Waals surface area contributed by atoms with Crippen molar-refractivity contribution < 1.29 is 9.90 Å². The Labute approximate surface area is 150 Å². The van der Waals surface area contributed by atoms with Crippen molar-refractivity contribution in [2.24, 2.45) is 0 Å². The molecule has 0 fully saturated rings. The van der Waals surface area contributed by atoms with Crippen molar-refractivity contribution >= 4 is 17.2 Å². The summed E-state index contributed by atoms with van der Waals surface area (Å²) in [5.41, 5.74) is 2.77. The van der Waals surface area contributed by atoms with Gasteiger partial charge in [-0.05, 0) is 11.1 Å². The maximum absolute atomic E-state index is 12.4. The molecule has 1 aliphatic rings. The first-order valence-electron chi connectivity index (χ1n) is 8.21. The van der Waals surface area contributed by atoms with Crippen LogP contribution in [0.3, 0.4) is 0 Å². The number of benzene rings is 2. The normalized spacial score (nSPS) is 14.9. The van der Waals surface area contributed by atoms with Gasteiger partial charge in [-0.1, -0.05) is 54.6 Å². The van der Waals surface area contributed by atoms with Gasteiger partial charge in [-0.15, -0.1) is 11.3 Å². The van der Waals surface area contributed by atoms with Gasteiger partial charge >= 0.3 is 0 Å². The number of aliphatic hydroxyl groups is 1. The third-order valence-corrected chi connectivity index (χ3v) is 5.38. The predicted octanol–water partition coefficient (Wildman–Crippen LogP) is 3.07. The minimum atomic E-state index is -0.919. The van der Waals surface area contributed by atoms with Crippen LogP contribution in [-0.4, -0.2) is 28.1 Å². The van der Waals surface area contributed by atoms with Crippen molar-refractivity contribution in [3.8, 4) is 10.6 Å². The molecule has 0 spiro atoms. The molecule has 0 atom stereocenters. The van der Waals surface area contributed by atoms with Gasteiger partial charge in [-0.25, -0.2) is 4.98 Å². The van der Waals surface area contributed by atoms with Gasteiger partial charge < -0.3 is 10.4 Å². The Balaban J connectivity index is 1.41. The third-order valence-electron chi connectivity index (χ3n) is 4.49. The molecule has 1 heterocycles. The minimum absolute atomic E-state index is 0.221. The van der Waals surface area contributed by atoms with Crippen LogP contribution >= 0.6 is 11.3 Å². The lowest BCUT2D eigenvalue weighted by atomic mass is 10.0. The molecule has 0 saturated carbocycles. The first kappa shape index (κ1) is 16.0. The van der Waals surface area contributed by atoms with Crippen LogP contribution in [0.25, 0.3) is 10.6 Å². The first-order chi connectivity index (χ1) is 12.1. The average molecular weight is 350 g/mol. The molecule has 0 unspecified atom stereocenters. The van der Waals surface area contributed by atoms with Gasteiger partial charge in [0.1, 0.15) is 10.7 Å². The molecule has 0 radical (unpaired) electrons. The highest BCUT2D eigenvalue weighted by atomic mass is 32.1. The van der Waals surface area contributed by atoms with Crippen molar-refractivity contribution in [1.29, 1.82) is 0 Å². The second-order valence-corrected chi connectivity index (χ2v) is 7.29. The number of carbonyl (C=O) groups is 1. The van der Waals surface area contributed by atoms with E-state index in [0.29, 0.717) is 18.5 Å². The van der Waals surface area contributed by atoms with Gasteiger partial charge in [0.25, 0.3) is 5.91 Å². The third kappa shape index (κ3) is 3.34. The molecule has 5 heteroatoms. The Hall–Kier alpha value is -2.50. The standard InChI is InChI=1S/C20H18N2O2S/c23-18(17-12-25-19(22-17)14-6-2-1-3-7-14)21-13-20(24)10-15-8-4-5-9-16(15)11-20/h1-9,12,24H,10-11,13H2,(H,21,23). The fourth-order valence-corrected chi connectivity index (χ4v) is 4.03. The van der Waals surface area contributed by atoms with Crippen LogP contribution in [0.1, 0.15) is 21.6 Å². The molecule has 3 aromatic rings. The summed E-state index contributed by atoms with van der Waals surface area (Å²) in [5.74, 6) is -0.247. The van der Waals surface area contributed by atoms with E-state index in [4.69, 9.17) is 0 Å². The van der Waals surface area contributed by atoms with E-state index < -0.39 is 5.60 Å². The van der Waals surface area contributed by atoms with Gasteiger partial charge in [0.2, 0.25) is 0 Å². The largest absolute Gasteiger partial charge is 0.387 e. The van der Waals surface area contributed by atoms with Gasteiger partial charge in [-0.2, -0.15) is 0 Å². The summed E-state index contributed by atoms with van der Waals surface area (Å²) in [7, 11) is 0. The molecule has 1 aromatic heterocycles. The van der Waals surface area contributed by atoms with Crippen LogP contribution in [0.4, 0.5) is 0 Å². The van der Waals surface area contributed by atoms with E-state index in [0.717, 1.165) is 21.7 Å². The number of nitrogens with zero attached hydrogens (tertiary/aromatic N) is 1. The number of carbonyl (C=O) groups excluding carboxylic acids is 1. The Morgan fingerprint density at radius 3 is 2.40 bits per heavy atom. The molecular weight excluding hydrogens is 332 g/mol. The quantitative estimate of drug-likeness (QED) is 0.760. The van der Waals surface area contributed by atoms with Gasteiger partial charge in [0.05, 0.1) is 5.60 Å². The molecular formula is C20H18N2O2S. The first-order valence-corrected chi connectivity index (χ1v) is 9.09. The average Bonchev–Trinajstić information content (AvgIpc) is 3.25. The smallest absolute Gasteiger partial charge is 0.270 e.